The van der Waals surface area contributed by atoms with Crippen molar-refractivity contribution in [2.45, 2.75) is 69.6 Å². The zero-order valence-corrected chi connectivity index (χ0v) is 17.8. The van der Waals surface area contributed by atoms with Crippen molar-refractivity contribution in [3.05, 3.63) is 0 Å². The van der Waals surface area contributed by atoms with Gasteiger partial charge < -0.3 is 43.4 Å². The van der Waals surface area contributed by atoms with Crippen molar-refractivity contribution in [1.82, 2.24) is 16.0 Å². The summed E-state index contributed by atoms with van der Waals surface area (Å²) in [4.78, 5) is 70.4. The van der Waals surface area contributed by atoms with E-state index in [9.17, 15) is 28.8 Å². The Morgan fingerprint density at radius 1 is 0.844 bits per heavy atom. The standard InChI is InChI=1S/C18H32N6O8/c1-9(18(31)32)22-17(30)12(8-13(21)25)24-16(29)11(5-6-14(26)27)23-15(28)10(20)4-2-3-7-19/h9-12H,2-8,19-20H2,1H3,(H2,21,25)(H,22,30)(H,23,28)(H,24,29)(H,26,27)(H,31,32). The van der Waals surface area contributed by atoms with Crippen molar-refractivity contribution in [3.8, 4) is 0 Å². The molecule has 0 spiro atoms. The van der Waals surface area contributed by atoms with Gasteiger partial charge in [-0.25, -0.2) is 0 Å². The molecule has 0 saturated heterocycles. The first kappa shape index (κ1) is 28.7. The summed E-state index contributed by atoms with van der Waals surface area (Å²) < 4.78 is 0. The van der Waals surface area contributed by atoms with Crippen LogP contribution in [0.4, 0.5) is 0 Å². The highest BCUT2D eigenvalue weighted by Gasteiger charge is 2.30. The number of aliphatic carboxylic acids is 2. The SMILES string of the molecule is CC(NC(=O)C(CC(N)=O)NC(=O)C(CCC(=O)O)NC(=O)C(N)CCCCN)C(=O)O. The van der Waals surface area contributed by atoms with Gasteiger partial charge in [0.2, 0.25) is 23.6 Å². The molecule has 0 radical (unpaired) electrons. The fourth-order valence-corrected chi connectivity index (χ4v) is 2.51. The van der Waals surface area contributed by atoms with Crippen molar-refractivity contribution in [1.29, 1.82) is 0 Å². The van der Waals surface area contributed by atoms with Crippen LogP contribution in [-0.2, 0) is 28.8 Å². The molecule has 0 aliphatic heterocycles. The lowest BCUT2D eigenvalue weighted by Crippen LogP contribution is -2.57. The molecular weight excluding hydrogens is 428 g/mol. The van der Waals surface area contributed by atoms with Crippen LogP contribution in [0.2, 0.25) is 0 Å². The van der Waals surface area contributed by atoms with Crippen LogP contribution in [0.3, 0.4) is 0 Å². The number of primary amides is 1. The molecule has 0 saturated carbocycles. The zero-order valence-electron chi connectivity index (χ0n) is 17.8. The van der Waals surface area contributed by atoms with Crippen LogP contribution in [-0.4, -0.2) is 76.5 Å². The summed E-state index contributed by atoms with van der Waals surface area (Å²) in [6, 6.07) is -5.20. The van der Waals surface area contributed by atoms with Gasteiger partial charge in [-0.1, -0.05) is 6.42 Å². The quantitative estimate of drug-likeness (QED) is 0.107. The fraction of sp³-hybridized carbons (Fsp3) is 0.667. The first-order valence-corrected chi connectivity index (χ1v) is 9.98. The van der Waals surface area contributed by atoms with E-state index in [1.165, 1.54) is 6.92 Å². The molecule has 11 N–H and O–H groups in total. The first-order valence-electron chi connectivity index (χ1n) is 9.98. The Hall–Kier alpha value is -3.26. The van der Waals surface area contributed by atoms with Gasteiger partial charge in [-0.2, -0.15) is 0 Å². The van der Waals surface area contributed by atoms with E-state index in [-0.39, 0.29) is 12.8 Å². The molecule has 0 heterocycles. The normalized spacial score (nSPS) is 14.3. The van der Waals surface area contributed by atoms with Crippen LogP contribution in [0.1, 0.15) is 45.4 Å². The van der Waals surface area contributed by atoms with Crippen molar-refractivity contribution in [2.75, 3.05) is 6.54 Å². The maximum absolute atomic E-state index is 12.7. The van der Waals surface area contributed by atoms with Gasteiger partial charge in [0, 0.05) is 6.42 Å². The average Bonchev–Trinajstić information content (AvgIpc) is 2.69. The lowest BCUT2D eigenvalue weighted by atomic mass is 10.1. The number of hydrogen-bond acceptors (Lipinski definition) is 8. The van der Waals surface area contributed by atoms with E-state index >= 15 is 0 Å². The number of nitrogens with two attached hydrogens (primary N) is 3. The number of rotatable bonds is 16. The number of hydrogen-bond donors (Lipinski definition) is 8. The molecule has 4 unspecified atom stereocenters. The average molecular weight is 460 g/mol. The van der Waals surface area contributed by atoms with Gasteiger partial charge in [0.15, 0.2) is 0 Å². The third-order valence-electron chi connectivity index (χ3n) is 4.35. The Labute approximate surface area is 184 Å². The van der Waals surface area contributed by atoms with E-state index in [0.29, 0.717) is 19.4 Å². The number of carboxylic acid groups (broad SMARTS) is 2. The molecule has 32 heavy (non-hydrogen) atoms. The van der Waals surface area contributed by atoms with Gasteiger partial charge in [-0.3, -0.25) is 28.8 Å². The lowest BCUT2D eigenvalue weighted by molar-refractivity contribution is -0.142. The summed E-state index contributed by atoms with van der Waals surface area (Å²) in [6.07, 6.45) is 0.0445. The highest BCUT2D eigenvalue weighted by molar-refractivity contribution is 5.96. The Morgan fingerprint density at radius 3 is 1.91 bits per heavy atom. The lowest BCUT2D eigenvalue weighted by Gasteiger charge is -2.24. The Kier molecular flexibility index (Phi) is 13.2. The van der Waals surface area contributed by atoms with Crippen molar-refractivity contribution >= 4 is 35.6 Å². The topological polar surface area (TPSA) is 257 Å². The molecule has 0 aromatic heterocycles. The largest absolute Gasteiger partial charge is 0.481 e. The van der Waals surface area contributed by atoms with Crippen LogP contribution in [0.15, 0.2) is 0 Å². The van der Waals surface area contributed by atoms with Crippen molar-refractivity contribution in [2.24, 2.45) is 17.2 Å². The van der Waals surface area contributed by atoms with E-state index < -0.39 is 72.6 Å². The highest BCUT2D eigenvalue weighted by atomic mass is 16.4. The molecule has 0 aromatic rings. The molecule has 182 valence electrons. The van der Waals surface area contributed by atoms with Gasteiger partial charge in [0.05, 0.1) is 12.5 Å². The molecule has 0 aromatic carbocycles. The third-order valence-corrected chi connectivity index (χ3v) is 4.35. The van der Waals surface area contributed by atoms with Crippen molar-refractivity contribution in [3.63, 3.8) is 0 Å². The molecule has 0 fully saturated rings. The van der Waals surface area contributed by atoms with Gasteiger partial charge in [0.25, 0.3) is 0 Å². The number of carbonyl (C=O) groups excluding carboxylic acids is 4. The fourth-order valence-electron chi connectivity index (χ4n) is 2.51. The van der Waals surface area contributed by atoms with E-state index in [1.807, 2.05) is 0 Å². The minimum atomic E-state index is -1.54. The number of unbranched alkanes of at least 4 members (excludes halogenated alkanes) is 1. The number of carbonyl (C=O) groups is 6. The number of carboxylic acids is 2. The summed E-state index contributed by atoms with van der Waals surface area (Å²) in [7, 11) is 0. The van der Waals surface area contributed by atoms with E-state index in [0.717, 1.165) is 0 Å². The Morgan fingerprint density at radius 2 is 1.41 bits per heavy atom. The van der Waals surface area contributed by atoms with Crippen molar-refractivity contribution < 1.29 is 39.0 Å². The van der Waals surface area contributed by atoms with Crippen LogP contribution in [0.25, 0.3) is 0 Å². The molecule has 0 aliphatic carbocycles. The summed E-state index contributed by atoms with van der Waals surface area (Å²) in [6.45, 7) is 1.59. The summed E-state index contributed by atoms with van der Waals surface area (Å²) >= 11 is 0. The number of amides is 4. The minimum absolute atomic E-state index is 0.288. The van der Waals surface area contributed by atoms with Gasteiger partial charge in [-0.05, 0) is 32.7 Å². The second-order valence-corrected chi connectivity index (χ2v) is 7.18. The van der Waals surface area contributed by atoms with Crippen LogP contribution in [0.5, 0.6) is 0 Å². The monoisotopic (exact) mass is 460 g/mol. The maximum Gasteiger partial charge on any atom is 0.325 e. The maximum atomic E-state index is 12.7. The molecule has 0 bridgehead atoms. The van der Waals surface area contributed by atoms with Gasteiger partial charge in [-0.15, -0.1) is 0 Å². The Bertz CT molecular complexity index is 701. The summed E-state index contributed by atoms with van der Waals surface area (Å²) in [5.74, 6) is -6.19. The van der Waals surface area contributed by atoms with E-state index in [1.54, 1.807) is 0 Å². The second kappa shape index (κ2) is 14.7. The van der Waals surface area contributed by atoms with E-state index in [2.05, 4.69) is 16.0 Å². The Balaban J connectivity index is 5.35. The molecule has 4 amide bonds. The smallest absolute Gasteiger partial charge is 0.325 e. The molecule has 0 rings (SSSR count). The predicted molar refractivity (Wildman–Crippen MR) is 111 cm³/mol. The summed E-state index contributed by atoms with van der Waals surface area (Å²) in [5, 5.41) is 24.4. The van der Waals surface area contributed by atoms with Crippen LogP contribution >= 0.6 is 0 Å². The first-order chi connectivity index (χ1) is 14.9. The molecular formula is C18H32N6O8. The molecule has 0 aliphatic rings. The molecule has 14 heteroatoms. The van der Waals surface area contributed by atoms with Crippen LogP contribution < -0.4 is 33.2 Å². The molecule has 14 nitrogen and oxygen atoms in total. The molecule has 4 atom stereocenters. The van der Waals surface area contributed by atoms with Crippen LogP contribution in [0, 0.1) is 0 Å². The predicted octanol–water partition coefficient (Wildman–Crippen LogP) is -3.26. The van der Waals surface area contributed by atoms with E-state index in [4.69, 9.17) is 27.4 Å². The third kappa shape index (κ3) is 11.8. The van der Waals surface area contributed by atoms with Gasteiger partial charge in [0.1, 0.15) is 18.1 Å². The second-order valence-electron chi connectivity index (χ2n) is 7.18. The van der Waals surface area contributed by atoms with Gasteiger partial charge >= 0.3 is 11.9 Å². The minimum Gasteiger partial charge on any atom is -0.481 e. The highest BCUT2D eigenvalue weighted by Crippen LogP contribution is 2.04. The number of nitrogens with one attached hydrogen (secondary N) is 3. The zero-order chi connectivity index (χ0) is 24.8. The summed E-state index contributed by atoms with van der Waals surface area (Å²) in [5.41, 5.74) is 16.3.